The van der Waals surface area contributed by atoms with E-state index in [0.717, 1.165) is 6.42 Å². The predicted octanol–water partition coefficient (Wildman–Crippen LogP) is 0.350. The molecule has 2 heterocycles. The molecule has 2 rings (SSSR count). The van der Waals surface area contributed by atoms with E-state index in [-0.39, 0.29) is 18.2 Å². The molecule has 2 unspecified atom stereocenters. The van der Waals surface area contributed by atoms with Crippen molar-refractivity contribution in [1.82, 2.24) is 4.90 Å². The molecule has 2 atom stereocenters. The SMILES string of the molecule is CC1(C)CC2C(O)CN2C(=O)O1. The van der Waals surface area contributed by atoms with Crippen LogP contribution < -0.4 is 0 Å². The molecule has 2 aliphatic heterocycles. The lowest BCUT2D eigenvalue weighted by Crippen LogP contribution is -2.68. The first-order valence-corrected chi connectivity index (χ1v) is 4.17. The normalized spacial score (nSPS) is 38.2. The summed E-state index contributed by atoms with van der Waals surface area (Å²) in [5.41, 5.74) is -0.417. The summed E-state index contributed by atoms with van der Waals surface area (Å²) >= 11 is 0. The zero-order valence-electron chi connectivity index (χ0n) is 7.28. The van der Waals surface area contributed by atoms with Crippen molar-refractivity contribution >= 4 is 6.09 Å². The molecule has 0 radical (unpaired) electrons. The lowest BCUT2D eigenvalue weighted by molar-refractivity contribution is -0.132. The highest BCUT2D eigenvalue weighted by Gasteiger charge is 2.49. The number of ether oxygens (including phenoxy) is 1. The van der Waals surface area contributed by atoms with Crippen LogP contribution in [0.3, 0.4) is 0 Å². The topological polar surface area (TPSA) is 49.8 Å². The molecule has 4 nitrogen and oxygen atoms in total. The lowest BCUT2D eigenvalue weighted by atomic mass is 9.87. The van der Waals surface area contributed by atoms with Gasteiger partial charge in [0.25, 0.3) is 0 Å². The average molecular weight is 171 g/mol. The molecule has 68 valence electrons. The number of cyclic esters (lactones) is 1. The van der Waals surface area contributed by atoms with Crippen molar-refractivity contribution in [3.63, 3.8) is 0 Å². The van der Waals surface area contributed by atoms with Crippen LogP contribution in [0.5, 0.6) is 0 Å². The zero-order valence-corrected chi connectivity index (χ0v) is 7.28. The van der Waals surface area contributed by atoms with E-state index in [1.807, 2.05) is 13.8 Å². The molecule has 0 spiro atoms. The Morgan fingerprint density at radius 2 is 2.33 bits per heavy atom. The third-order valence-corrected chi connectivity index (χ3v) is 2.53. The highest BCUT2D eigenvalue weighted by atomic mass is 16.6. The van der Waals surface area contributed by atoms with Gasteiger partial charge in [0.1, 0.15) is 5.60 Å². The van der Waals surface area contributed by atoms with E-state index in [4.69, 9.17) is 4.74 Å². The van der Waals surface area contributed by atoms with Gasteiger partial charge in [0.05, 0.1) is 18.7 Å². The van der Waals surface area contributed by atoms with Crippen molar-refractivity contribution < 1.29 is 14.6 Å². The molecule has 0 aromatic carbocycles. The Balaban J connectivity index is 2.13. The van der Waals surface area contributed by atoms with Gasteiger partial charge < -0.3 is 9.84 Å². The number of nitrogens with zero attached hydrogens (tertiary/aromatic N) is 1. The van der Waals surface area contributed by atoms with E-state index in [9.17, 15) is 9.90 Å². The minimum Gasteiger partial charge on any atom is -0.443 e. The van der Waals surface area contributed by atoms with E-state index in [1.54, 1.807) is 4.90 Å². The summed E-state index contributed by atoms with van der Waals surface area (Å²) < 4.78 is 5.13. The molecule has 0 bridgehead atoms. The maximum Gasteiger partial charge on any atom is 0.410 e. The number of hydrogen-bond acceptors (Lipinski definition) is 3. The van der Waals surface area contributed by atoms with Crippen LogP contribution in [-0.2, 0) is 4.74 Å². The Bertz CT molecular complexity index is 226. The molecule has 0 saturated carbocycles. The summed E-state index contributed by atoms with van der Waals surface area (Å²) in [6, 6.07) is -0.0127. The summed E-state index contributed by atoms with van der Waals surface area (Å²) in [6.45, 7) is 4.17. The summed E-state index contributed by atoms with van der Waals surface area (Å²) in [5.74, 6) is 0. The van der Waals surface area contributed by atoms with Crippen LogP contribution in [0.1, 0.15) is 20.3 Å². The molecule has 0 aromatic heterocycles. The smallest absolute Gasteiger partial charge is 0.410 e. The number of aliphatic hydroxyl groups excluding tert-OH is 1. The molecule has 2 aliphatic rings. The monoisotopic (exact) mass is 171 g/mol. The Morgan fingerprint density at radius 1 is 1.67 bits per heavy atom. The molecule has 1 amide bonds. The van der Waals surface area contributed by atoms with Gasteiger partial charge in [-0.15, -0.1) is 0 Å². The molecule has 1 N–H and O–H groups in total. The molecule has 4 heteroatoms. The fourth-order valence-electron chi connectivity index (χ4n) is 1.82. The second-order valence-electron chi connectivity index (χ2n) is 4.12. The van der Waals surface area contributed by atoms with Crippen LogP contribution in [0.2, 0.25) is 0 Å². The zero-order chi connectivity index (χ0) is 8.93. The molecule has 2 fully saturated rings. The third kappa shape index (κ3) is 0.982. The number of rotatable bonds is 0. The highest BCUT2D eigenvalue weighted by Crippen LogP contribution is 2.34. The van der Waals surface area contributed by atoms with Gasteiger partial charge >= 0.3 is 6.09 Å². The number of fused-ring (bicyclic) bond motifs is 1. The molecular formula is C8H13NO3. The van der Waals surface area contributed by atoms with Crippen molar-refractivity contribution in [3.8, 4) is 0 Å². The Morgan fingerprint density at radius 3 is 2.92 bits per heavy atom. The molecule has 0 aromatic rings. The number of carbonyl (C=O) groups is 1. The minimum atomic E-state index is -0.417. The fraction of sp³-hybridized carbons (Fsp3) is 0.875. The van der Waals surface area contributed by atoms with Crippen molar-refractivity contribution in [3.05, 3.63) is 0 Å². The Labute approximate surface area is 71.1 Å². The van der Waals surface area contributed by atoms with Gasteiger partial charge in [0, 0.05) is 6.42 Å². The van der Waals surface area contributed by atoms with Crippen LogP contribution in [0.15, 0.2) is 0 Å². The van der Waals surface area contributed by atoms with Crippen LogP contribution >= 0.6 is 0 Å². The lowest BCUT2D eigenvalue weighted by Gasteiger charge is -2.51. The number of amides is 1. The van der Waals surface area contributed by atoms with E-state index in [0.29, 0.717) is 6.54 Å². The summed E-state index contributed by atoms with van der Waals surface area (Å²) in [4.78, 5) is 12.8. The van der Waals surface area contributed by atoms with Crippen molar-refractivity contribution in [1.29, 1.82) is 0 Å². The summed E-state index contributed by atoms with van der Waals surface area (Å²) in [5, 5.41) is 9.34. The van der Waals surface area contributed by atoms with Gasteiger partial charge in [-0.2, -0.15) is 0 Å². The van der Waals surface area contributed by atoms with Crippen LogP contribution in [0.4, 0.5) is 4.79 Å². The van der Waals surface area contributed by atoms with Gasteiger partial charge in [0.15, 0.2) is 0 Å². The van der Waals surface area contributed by atoms with Gasteiger partial charge in [0.2, 0.25) is 0 Å². The maximum absolute atomic E-state index is 11.2. The Hall–Kier alpha value is -0.770. The van der Waals surface area contributed by atoms with Gasteiger partial charge in [-0.05, 0) is 13.8 Å². The van der Waals surface area contributed by atoms with Gasteiger partial charge in [-0.1, -0.05) is 0 Å². The molecular weight excluding hydrogens is 158 g/mol. The number of hydrogen-bond donors (Lipinski definition) is 1. The first kappa shape index (κ1) is 7.86. The highest BCUT2D eigenvalue weighted by molar-refractivity contribution is 5.71. The Kier molecular flexibility index (Phi) is 1.39. The summed E-state index contributed by atoms with van der Waals surface area (Å²) in [7, 11) is 0. The van der Waals surface area contributed by atoms with Crippen LogP contribution in [0.25, 0.3) is 0 Å². The second kappa shape index (κ2) is 2.13. The molecule has 12 heavy (non-hydrogen) atoms. The second-order valence-corrected chi connectivity index (χ2v) is 4.12. The quantitative estimate of drug-likeness (QED) is 0.572. The van der Waals surface area contributed by atoms with E-state index in [2.05, 4.69) is 0 Å². The van der Waals surface area contributed by atoms with Crippen LogP contribution in [0, 0.1) is 0 Å². The van der Waals surface area contributed by atoms with E-state index >= 15 is 0 Å². The molecule has 2 saturated heterocycles. The van der Waals surface area contributed by atoms with Crippen molar-refractivity contribution in [2.24, 2.45) is 0 Å². The van der Waals surface area contributed by atoms with E-state index in [1.165, 1.54) is 0 Å². The van der Waals surface area contributed by atoms with Crippen LogP contribution in [-0.4, -0.2) is 40.4 Å². The van der Waals surface area contributed by atoms with Crippen molar-refractivity contribution in [2.45, 2.75) is 38.0 Å². The van der Waals surface area contributed by atoms with E-state index < -0.39 is 5.60 Å². The fourth-order valence-corrected chi connectivity index (χ4v) is 1.82. The number of aliphatic hydroxyl groups is 1. The van der Waals surface area contributed by atoms with Gasteiger partial charge in [-0.25, -0.2) is 4.79 Å². The summed E-state index contributed by atoms with van der Waals surface area (Å²) in [6.07, 6.45) is 0.0820. The first-order chi connectivity index (χ1) is 5.49. The first-order valence-electron chi connectivity index (χ1n) is 4.17. The standard InChI is InChI=1S/C8H13NO3/c1-8(2)3-5-6(10)4-9(5)7(11)12-8/h5-6,10H,3-4H2,1-2H3. The average Bonchev–Trinajstić information content (AvgIpc) is 1.93. The maximum atomic E-state index is 11.2. The largest absolute Gasteiger partial charge is 0.443 e. The molecule has 0 aliphatic carbocycles. The predicted molar refractivity (Wildman–Crippen MR) is 41.7 cm³/mol. The van der Waals surface area contributed by atoms with Crippen molar-refractivity contribution in [2.75, 3.05) is 6.54 Å². The minimum absolute atomic E-state index is 0.0127. The third-order valence-electron chi connectivity index (χ3n) is 2.53. The van der Waals surface area contributed by atoms with Gasteiger partial charge in [-0.3, -0.25) is 4.90 Å². The number of carbonyl (C=O) groups excluding carboxylic acids is 1.